The number of aryl methyl sites for hydroxylation is 1. The molecule has 1 aliphatic heterocycles. The number of rotatable bonds is 6. The summed E-state index contributed by atoms with van der Waals surface area (Å²) in [4.78, 5) is 40.2. The smallest absolute Gasteiger partial charge is 0.315 e. The van der Waals surface area contributed by atoms with E-state index in [0.29, 0.717) is 16.6 Å². The number of urea groups is 1. The first-order valence-corrected chi connectivity index (χ1v) is 12.8. The molecular weight excluding hydrogens is 426 g/mol. The van der Waals surface area contributed by atoms with Crippen LogP contribution < -0.4 is 21.7 Å². The molecule has 9 heteroatoms. The second kappa shape index (κ2) is 10.7. The van der Waals surface area contributed by atoms with Gasteiger partial charge in [-0.1, -0.05) is 19.3 Å². The van der Waals surface area contributed by atoms with E-state index in [-0.39, 0.29) is 24.5 Å². The van der Waals surface area contributed by atoms with Crippen molar-refractivity contribution in [3.8, 4) is 0 Å². The van der Waals surface area contributed by atoms with Crippen LogP contribution >= 0.6 is 11.3 Å². The Labute approximate surface area is 193 Å². The fourth-order valence-corrected chi connectivity index (χ4v) is 6.49. The monoisotopic (exact) mass is 461 g/mol. The van der Waals surface area contributed by atoms with Gasteiger partial charge in [-0.25, -0.2) is 4.79 Å². The zero-order valence-electron chi connectivity index (χ0n) is 18.7. The number of primary amides is 1. The van der Waals surface area contributed by atoms with Gasteiger partial charge in [-0.05, 0) is 56.9 Å². The van der Waals surface area contributed by atoms with Crippen LogP contribution in [0, 0.1) is 0 Å². The number of fused-ring (bicyclic) bond motifs is 1. The minimum atomic E-state index is -0.460. The van der Waals surface area contributed by atoms with Crippen molar-refractivity contribution in [1.29, 1.82) is 0 Å². The first-order valence-electron chi connectivity index (χ1n) is 12.0. The molecule has 8 nitrogen and oxygen atoms in total. The first kappa shape index (κ1) is 23.0. The number of nitrogens with one attached hydrogen (secondary N) is 3. The average molecular weight is 462 g/mol. The summed E-state index contributed by atoms with van der Waals surface area (Å²) in [5.74, 6) is -0.578. The summed E-state index contributed by atoms with van der Waals surface area (Å²) in [7, 11) is 0. The second-order valence-electron chi connectivity index (χ2n) is 9.33. The molecule has 0 spiro atoms. The lowest BCUT2D eigenvalue weighted by Crippen LogP contribution is -2.51. The van der Waals surface area contributed by atoms with Crippen LogP contribution in [0.25, 0.3) is 0 Å². The number of piperidine rings is 1. The lowest BCUT2D eigenvalue weighted by Gasteiger charge is -2.32. The predicted octanol–water partition coefficient (Wildman–Crippen LogP) is 2.76. The van der Waals surface area contributed by atoms with Crippen molar-refractivity contribution in [3.05, 3.63) is 16.0 Å². The second-order valence-corrected chi connectivity index (χ2v) is 10.4. The highest BCUT2D eigenvalue weighted by Gasteiger charge is 2.27. The Morgan fingerprint density at radius 1 is 0.906 bits per heavy atom. The summed E-state index contributed by atoms with van der Waals surface area (Å²) in [5.41, 5.74) is 7.16. The Balaban J connectivity index is 1.22. The average Bonchev–Trinajstić information content (AvgIpc) is 3.13. The summed E-state index contributed by atoms with van der Waals surface area (Å²) in [6, 6.07) is 0.387. The van der Waals surface area contributed by atoms with Gasteiger partial charge in [0.05, 0.1) is 12.1 Å². The number of anilines is 1. The molecular formula is C23H35N5O3S. The lowest BCUT2D eigenvalue weighted by atomic mass is 9.95. The number of hydrogen-bond donors (Lipinski definition) is 4. The standard InChI is InChI=1S/C23H35N5O3S/c24-21(30)20-17-8-4-5-9-18(17)32-22(20)27-19(29)14-28-12-10-16(11-13-28)26-23(31)25-15-6-2-1-3-7-15/h15-16H,1-14H2,(H2,24,30)(H,27,29)(H2,25,26,31). The van der Waals surface area contributed by atoms with Crippen molar-refractivity contribution >= 4 is 34.2 Å². The summed E-state index contributed by atoms with van der Waals surface area (Å²) >= 11 is 1.50. The summed E-state index contributed by atoms with van der Waals surface area (Å²) < 4.78 is 0. The van der Waals surface area contributed by atoms with Crippen LogP contribution in [0.15, 0.2) is 0 Å². The van der Waals surface area contributed by atoms with Crippen LogP contribution in [0.3, 0.4) is 0 Å². The van der Waals surface area contributed by atoms with Crippen molar-refractivity contribution in [3.63, 3.8) is 0 Å². The maximum absolute atomic E-state index is 12.7. The summed E-state index contributed by atoms with van der Waals surface area (Å²) in [6.45, 7) is 1.79. The van der Waals surface area contributed by atoms with E-state index < -0.39 is 5.91 Å². The zero-order chi connectivity index (χ0) is 22.5. The Morgan fingerprint density at radius 3 is 2.25 bits per heavy atom. The fourth-order valence-electron chi connectivity index (χ4n) is 5.18. The molecule has 1 aromatic rings. The van der Waals surface area contributed by atoms with Crippen molar-refractivity contribution in [1.82, 2.24) is 15.5 Å². The fraction of sp³-hybridized carbons (Fsp3) is 0.696. The number of likely N-dealkylation sites (tertiary alicyclic amines) is 1. The minimum absolute atomic E-state index is 0.0614. The van der Waals surface area contributed by atoms with Gasteiger partial charge in [0.25, 0.3) is 5.91 Å². The van der Waals surface area contributed by atoms with Crippen LogP contribution in [-0.4, -0.2) is 54.5 Å². The molecule has 0 radical (unpaired) electrons. The maximum Gasteiger partial charge on any atom is 0.315 e. The SMILES string of the molecule is NC(=O)c1c(NC(=O)CN2CCC(NC(=O)NC3CCCCC3)CC2)sc2c1CCCC2. The highest BCUT2D eigenvalue weighted by atomic mass is 32.1. The molecule has 5 N–H and O–H groups in total. The third-order valence-electron chi connectivity index (χ3n) is 6.90. The Kier molecular flexibility index (Phi) is 7.67. The molecule has 1 aromatic heterocycles. The quantitative estimate of drug-likeness (QED) is 0.521. The van der Waals surface area contributed by atoms with Gasteiger partial charge in [0.15, 0.2) is 0 Å². The molecule has 176 valence electrons. The molecule has 0 bridgehead atoms. The van der Waals surface area contributed by atoms with Crippen LogP contribution in [0.1, 0.15) is 78.6 Å². The molecule has 32 heavy (non-hydrogen) atoms. The number of nitrogens with two attached hydrogens (primary N) is 1. The number of carbonyl (C=O) groups excluding carboxylic acids is 3. The van der Waals surface area contributed by atoms with Crippen LogP contribution in [-0.2, 0) is 17.6 Å². The van der Waals surface area contributed by atoms with Gasteiger partial charge >= 0.3 is 6.03 Å². The van der Waals surface area contributed by atoms with Gasteiger partial charge in [0, 0.05) is 30.1 Å². The number of amides is 4. The molecule has 4 rings (SSSR count). The van der Waals surface area contributed by atoms with E-state index in [4.69, 9.17) is 5.73 Å². The van der Waals surface area contributed by atoms with E-state index in [1.165, 1.54) is 35.5 Å². The van der Waals surface area contributed by atoms with Crippen LogP contribution in [0.4, 0.5) is 9.80 Å². The minimum Gasteiger partial charge on any atom is -0.365 e. The van der Waals surface area contributed by atoms with Crippen molar-refractivity contribution < 1.29 is 14.4 Å². The molecule has 3 aliphatic rings. The molecule has 1 saturated heterocycles. The molecule has 2 heterocycles. The zero-order valence-corrected chi connectivity index (χ0v) is 19.5. The third kappa shape index (κ3) is 5.81. The highest BCUT2D eigenvalue weighted by Crippen LogP contribution is 2.37. The van der Waals surface area contributed by atoms with E-state index in [1.807, 2.05) is 0 Å². The Morgan fingerprint density at radius 2 is 1.56 bits per heavy atom. The van der Waals surface area contributed by atoms with Gasteiger partial charge in [-0.2, -0.15) is 0 Å². The van der Waals surface area contributed by atoms with Gasteiger partial charge in [0.2, 0.25) is 5.91 Å². The first-order chi connectivity index (χ1) is 15.5. The van der Waals surface area contributed by atoms with E-state index in [2.05, 4.69) is 20.9 Å². The number of thiophene rings is 1. The lowest BCUT2D eigenvalue weighted by molar-refractivity contribution is -0.117. The van der Waals surface area contributed by atoms with E-state index in [9.17, 15) is 14.4 Å². The maximum atomic E-state index is 12.7. The van der Waals surface area contributed by atoms with Crippen LogP contribution in [0.5, 0.6) is 0 Å². The van der Waals surface area contributed by atoms with Gasteiger partial charge < -0.3 is 21.7 Å². The molecule has 0 unspecified atom stereocenters. The predicted molar refractivity (Wildman–Crippen MR) is 126 cm³/mol. The molecule has 2 fully saturated rings. The Bertz CT molecular complexity index is 841. The molecule has 1 saturated carbocycles. The normalized spacial score (nSPS) is 20.4. The summed E-state index contributed by atoms with van der Waals surface area (Å²) in [6.07, 6.45) is 11.4. The van der Waals surface area contributed by atoms with E-state index in [1.54, 1.807) is 0 Å². The molecule has 4 amide bonds. The van der Waals surface area contributed by atoms with Gasteiger partial charge in [0.1, 0.15) is 5.00 Å². The summed E-state index contributed by atoms with van der Waals surface area (Å²) in [5, 5.41) is 9.75. The van der Waals surface area contributed by atoms with Crippen LogP contribution in [0.2, 0.25) is 0 Å². The highest BCUT2D eigenvalue weighted by molar-refractivity contribution is 7.17. The third-order valence-corrected chi connectivity index (χ3v) is 8.11. The van der Waals surface area contributed by atoms with Crippen molar-refractivity contribution in [2.75, 3.05) is 25.0 Å². The molecule has 0 aromatic carbocycles. The Hall–Kier alpha value is -2.13. The van der Waals surface area contributed by atoms with Crippen molar-refractivity contribution in [2.24, 2.45) is 5.73 Å². The molecule has 2 aliphatic carbocycles. The molecule has 0 atom stereocenters. The topological polar surface area (TPSA) is 117 Å². The number of hydrogen-bond acceptors (Lipinski definition) is 5. The largest absolute Gasteiger partial charge is 0.365 e. The van der Waals surface area contributed by atoms with Crippen molar-refractivity contribution in [2.45, 2.75) is 82.7 Å². The van der Waals surface area contributed by atoms with E-state index >= 15 is 0 Å². The number of nitrogens with zero attached hydrogens (tertiary/aromatic N) is 1. The van der Waals surface area contributed by atoms with Gasteiger partial charge in [-0.15, -0.1) is 11.3 Å². The van der Waals surface area contributed by atoms with E-state index in [0.717, 1.165) is 70.0 Å². The van der Waals surface area contributed by atoms with Gasteiger partial charge in [-0.3, -0.25) is 14.5 Å². The number of carbonyl (C=O) groups is 3.